The molecule has 96 valence electrons. The van der Waals surface area contributed by atoms with Crippen LogP contribution in [0.15, 0.2) is 47.5 Å². The Labute approximate surface area is 111 Å². The molecule has 0 radical (unpaired) electrons. The van der Waals surface area contributed by atoms with Gasteiger partial charge in [0.2, 0.25) is 0 Å². The number of benzene rings is 1. The second-order valence-electron chi connectivity index (χ2n) is 4.18. The predicted octanol–water partition coefficient (Wildman–Crippen LogP) is 3.54. The first-order valence-electron chi connectivity index (χ1n) is 5.62. The number of hydrogen-bond acceptors (Lipinski definition) is 2. The molecule has 5 heteroatoms. The Kier molecular flexibility index (Phi) is 3.50. The Morgan fingerprint density at radius 2 is 2.06 bits per heavy atom. The molecule has 2 aromatic rings. The summed E-state index contributed by atoms with van der Waals surface area (Å²) in [5, 5.41) is 0.649. The van der Waals surface area contributed by atoms with Crippen LogP contribution in [-0.4, -0.2) is 13.0 Å². The van der Waals surface area contributed by atoms with Crippen LogP contribution in [0.25, 0.3) is 10.9 Å². The van der Waals surface area contributed by atoms with E-state index in [1.165, 1.54) is 0 Å². The Hall–Kier alpha value is -1.26. The number of fused-ring (bicyclic) bond motifs is 1. The van der Waals surface area contributed by atoms with Crippen LogP contribution >= 0.6 is 10.7 Å². The average molecular weight is 284 g/mol. The highest BCUT2D eigenvalue weighted by atomic mass is 35.7. The minimum atomic E-state index is -3.73. The number of halogens is 1. The molecule has 0 N–H and O–H groups in total. The number of aromatic nitrogens is 1. The van der Waals surface area contributed by atoms with E-state index in [0.717, 1.165) is 17.5 Å². The molecule has 0 saturated carbocycles. The molecule has 3 nitrogen and oxygen atoms in total. The number of para-hydroxylation sites is 1. The van der Waals surface area contributed by atoms with Gasteiger partial charge >= 0.3 is 0 Å². The molecule has 0 bridgehead atoms. The lowest BCUT2D eigenvalue weighted by molar-refractivity contribution is 0.609. The monoisotopic (exact) mass is 283 g/mol. The molecular formula is C13H14ClNO2S. The molecule has 0 unspecified atom stereocenters. The minimum absolute atomic E-state index is 0.156. The Morgan fingerprint density at radius 1 is 1.39 bits per heavy atom. The predicted molar refractivity (Wildman–Crippen MR) is 74.4 cm³/mol. The fourth-order valence-electron chi connectivity index (χ4n) is 1.89. The molecule has 0 aliphatic carbocycles. The molecule has 0 fully saturated rings. The summed E-state index contributed by atoms with van der Waals surface area (Å²) in [7, 11) is 1.73. The summed E-state index contributed by atoms with van der Waals surface area (Å²) in [6.07, 6.45) is 2.43. The van der Waals surface area contributed by atoms with Crippen molar-refractivity contribution in [3.8, 4) is 0 Å². The van der Waals surface area contributed by atoms with Gasteiger partial charge in [-0.3, -0.25) is 0 Å². The zero-order valence-corrected chi connectivity index (χ0v) is 11.6. The number of hydrogen-bond donors (Lipinski definition) is 0. The van der Waals surface area contributed by atoms with E-state index in [4.69, 9.17) is 10.7 Å². The van der Waals surface area contributed by atoms with E-state index in [9.17, 15) is 8.42 Å². The molecule has 2 rings (SSSR count). The lowest BCUT2D eigenvalue weighted by Crippen LogP contribution is -1.98. The lowest BCUT2D eigenvalue weighted by Gasteiger charge is -2.05. The van der Waals surface area contributed by atoms with Gasteiger partial charge in [-0.1, -0.05) is 37.3 Å². The molecule has 0 amide bonds. The highest BCUT2D eigenvalue weighted by Crippen LogP contribution is 2.28. The number of rotatable bonds is 4. The van der Waals surface area contributed by atoms with Gasteiger partial charge < -0.3 is 4.57 Å². The molecule has 1 heterocycles. The Morgan fingerprint density at radius 3 is 2.67 bits per heavy atom. The van der Waals surface area contributed by atoms with Crippen molar-refractivity contribution in [2.45, 2.75) is 24.8 Å². The van der Waals surface area contributed by atoms with Gasteiger partial charge in [0.05, 0.1) is 0 Å². The lowest BCUT2D eigenvalue weighted by atomic mass is 10.2. The van der Waals surface area contributed by atoms with Gasteiger partial charge in [-0.15, -0.1) is 0 Å². The summed E-state index contributed by atoms with van der Waals surface area (Å²) in [4.78, 5) is 0.156. The minimum Gasteiger partial charge on any atom is -0.342 e. The van der Waals surface area contributed by atoms with Crippen LogP contribution in [0.4, 0.5) is 0 Å². The van der Waals surface area contributed by atoms with Gasteiger partial charge in [0.15, 0.2) is 0 Å². The molecule has 0 spiro atoms. The molecule has 0 atom stereocenters. The maximum Gasteiger partial charge on any atom is 0.263 e. The SMILES string of the molecule is C=C(CC)Cn1cc(S(=O)(=O)Cl)c2ccccc21. The summed E-state index contributed by atoms with van der Waals surface area (Å²) < 4.78 is 25.0. The van der Waals surface area contributed by atoms with E-state index >= 15 is 0 Å². The third-order valence-corrected chi connectivity index (χ3v) is 4.26. The zero-order valence-electron chi connectivity index (χ0n) is 10.1. The quantitative estimate of drug-likeness (QED) is 0.636. The molecule has 0 saturated heterocycles. The first-order valence-corrected chi connectivity index (χ1v) is 7.93. The van der Waals surface area contributed by atoms with Crippen LogP contribution in [0, 0.1) is 0 Å². The zero-order chi connectivity index (χ0) is 13.3. The molecule has 1 aromatic carbocycles. The van der Waals surface area contributed by atoms with Crippen molar-refractivity contribution in [1.82, 2.24) is 4.57 Å². The number of allylic oxidation sites excluding steroid dienone is 1. The van der Waals surface area contributed by atoms with E-state index in [0.29, 0.717) is 11.9 Å². The van der Waals surface area contributed by atoms with E-state index < -0.39 is 9.05 Å². The van der Waals surface area contributed by atoms with Crippen molar-refractivity contribution in [2.75, 3.05) is 0 Å². The fourth-order valence-corrected chi connectivity index (χ4v) is 2.95. The normalized spacial score (nSPS) is 11.9. The Bertz CT molecular complexity index is 701. The summed E-state index contributed by atoms with van der Waals surface area (Å²) in [5.74, 6) is 0. The summed E-state index contributed by atoms with van der Waals surface area (Å²) in [6.45, 7) is 6.57. The van der Waals surface area contributed by atoms with E-state index in [-0.39, 0.29) is 4.90 Å². The smallest absolute Gasteiger partial charge is 0.263 e. The van der Waals surface area contributed by atoms with Gasteiger partial charge in [0.25, 0.3) is 9.05 Å². The van der Waals surface area contributed by atoms with Gasteiger partial charge in [-0.05, 0) is 12.5 Å². The molecule has 0 aliphatic rings. The van der Waals surface area contributed by atoms with Crippen molar-refractivity contribution >= 4 is 30.6 Å². The van der Waals surface area contributed by atoms with Crippen molar-refractivity contribution in [3.05, 3.63) is 42.6 Å². The summed E-state index contributed by atoms with van der Waals surface area (Å²) >= 11 is 0. The van der Waals surface area contributed by atoms with Crippen LogP contribution in [0.3, 0.4) is 0 Å². The van der Waals surface area contributed by atoms with Crippen molar-refractivity contribution in [2.24, 2.45) is 0 Å². The van der Waals surface area contributed by atoms with Crippen LogP contribution in [-0.2, 0) is 15.6 Å². The van der Waals surface area contributed by atoms with E-state index in [2.05, 4.69) is 6.58 Å². The highest BCUT2D eigenvalue weighted by Gasteiger charge is 2.18. The van der Waals surface area contributed by atoms with Crippen molar-refractivity contribution in [3.63, 3.8) is 0 Å². The largest absolute Gasteiger partial charge is 0.342 e. The third kappa shape index (κ3) is 2.44. The average Bonchev–Trinajstić information content (AvgIpc) is 2.68. The van der Waals surface area contributed by atoms with Crippen molar-refractivity contribution in [1.29, 1.82) is 0 Å². The van der Waals surface area contributed by atoms with Gasteiger partial charge in [-0.25, -0.2) is 8.42 Å². The third-order valence-electron chi connectivity index (χ3n) is 2.91. The van der Waals surface area contributed by atoms with E-state index in [1.807, 2.05) is 23.6 Å². The first kappa shape index (κ1) is 13.2. The topological polar surface area (TPSA) is 39.1 Å². The first-order chi connectivity index (χ1) is 8.43. The highest BCUT2D eigenvalue weighted by molar-refractivity contribution is 8.14. The van der Waals surface area contributed by atoms with Crippen LogP contribution in [0.1, 0.15) is 13.3 Å². The van der Waals surface area contributed by atoms with Gasteiger partial charge in [0.1, 0.15) is 4.90 Å². The molecule has 18 heavy (non-hydrogen) atoms. The standard InChI is InChI=1S/C13H14ClNO2S/c1-3-10(2)8-15-9-13(18(14,16)17)11-6-4-5-7-12(11)15/h4-7,9H,2-3,8H2,1H3. The summed E-state index contributed by atoms with van der Waals surface area (Å²) in [5.41, 5.74) is 1.89. The number of nitrogens with zero attached hydrogens (tertiary/aromatic N) is 1. The maximum atomic E-state index is 11.5. The van der Waals surface area contributed by atoms with Crippen molar-refractivity contribution < 1.29 is 8.42 Å². The molecular weight excluding hydrogens is 270 g/mol. The van der Waals surface area contributed by atoms with Crippen LogP contribution < -0.4 is 0 Å². The second-order valence-corrected chi connectivity index (χ2v) is 6.71. The van der Waals surface area contributed by atoms with Gasteiger partial charge in [0, 0.05) is 34.3 Å². The Balaban J connectivity index is 2.65. The van der Waals surface area contributed by atoms with Gasteiger partial charge in [-0.2, -0.15) is 0 Å². The summed E-state index contributed by atoms with van der Waals surface area (Å²) in [6, 6.07) is 7.31. The maximum absolute atomic E-state index is 11.5. The second kappa shape index (κ2) is 4.78. The van der Waals surface area contributed by atoms with E-state index in [1.54, 1.807) is 18.3 Å². The molecule has 0 aliphatic heterocycles. The van der Waals surface area contributed by atoms with Crippen LogP contribution in [0.2, 0.25) is 0 Å². The fraction of sp³-hybridized carbons (Fsp3) is 0.231. The van der Waals surface area contributed by atoms with Crippen LogP contribution in [0.5, 0.6) is 0 Å². The molecule has 1 aromatic heterocycles.